The Morgan fingerprint density at radius 1 is 1.45 bits per heavy atom. The Balaban J connectivity index is 1.94. The molecular weight excluding hydrogens is 256 g/mol. The molecule has 0 radical (unpaired) electrons. The molecule has 2 aromatic rings. The molecule has 0 amide bonds. The SMILES string of the molecule is NC1CCCN(Cc2oc3ccccc3c2C(=O)O)C1. The van der Waals surface area contributed by atoms with Gasteiger partial charge in [-0.3, -0.25) is 4.90 Å². The first-order valence-corrected chi connectivity index (χ1v) is 6.87. The highest BCUT2D eigenvalue weighted by Gasteiger charge is 2.24. The lowest BCUT2D eigenvalue weighted by Crippen LogP contribution is -2.42. The molecular formula is C15H18N2O3. The van der Waals surface area contributed by atoms with Gasteiger partial charge in [0.15, 0.2) is 0 Å². The van der Waals surface area contributed by atoms with Crippen LogP contribution in [0.25, 0.3) is 11.0 Å². The molecule has 2 heterocycles. The van der Waals surface area contributed by atoms with Crippen molar-refractivity contribution in [1.29, 1.82) is 0 Å². The van der Waals surface area contributed by atoms with E-state index in [1.807, 2.05) is 12.1 Å². The molecule has 0 saturated carbocycles. The first-order chi connectivity index (χ1) is 9.65. The summed E-state index contributed by atoms with van der Waals surface area (Å²) in [5.41, 5.74) is 6.87. The molecule has 106 valence electrons. The predicted molar refractivity (Wildman–Crippen MR) is 75.7 cm³/mol. The first kappa shape index (κ1) is 13.1. The number of nitrogens with two attached hydrogens (primary N) is 1. The summed E-state index contributed by atoms with van der Waals surface area (Å²) in [4.78, 5) is 13.7. The van der Waals surface area contributed by atoms with E-state index >= 15 is 0 Å². The maximum absolute atomic E-state index is 11.5. The molecule has 1 aliphatic heterocycles. The van der Waals surface area contributed by atoms with Gasteiger partial charge in [0.2, 0.25) is 0 Å². The number of carbonyl (C=O) groups is 1. The number of hydrogen-bond donors (Lipinski definition) is 2. The van der Waals surface area contributed by atoms with Crippen LogP contribution >= 0.6 is 0 Å². The maximum atomic E-state index is 11.5. The summed E-state index contributed by atoms with van der Waals surface area (Å²) in [5, 5.41) is 10.1. The van der Waals surface area contributed by atoms with Crippen molar-refractivity contribution in [3.63, 3.8) is 0 Å². The minimum Gasteiger partial charge on any atom is -0.478 e. The predicted octanol–water partition coefficient (Wildman–Crippen LogP) is 2.05. The first-order valence-electron chi connectivity index (χ1n) is 6.87. The number of aromatic carboxylic acids is 1. The van der Waals surface area contributed by atoms with Crippen LogP contribution in [0.3, 0.4) is 0 Å². The van der Waals surface area contributed by atoms with Crippen LogP contribution in [0.1, 0.15) is 29.0 Å². The number of piperidine rings is 1. The second-order valence-electron chi connectivity index (χ2n) is 5.34. The van der Waals surface area contributed by atoms with Crippen LogP contribution in [-0.4, -0.2) is 35.1 Å². The Morgan fingerprint density at radius 3 is 3.00 bits per heavy atom. The van der Waals surface area contributed by atoms with Gasteiger partial charge in [0.1, 0.15) is 16.9 Å². The molecule has 0 aliphatic carbocycles. The van der Waals surface area contributed by atoms with E-state index in [4.69, 9.17) is 10.2 Å². The average Bonchev–Trinajstić information content (AvgIpc) is 2.76. The fourth-order valence-electron chi connectivity index (χ4n) is 2.88. The highest BCUT2D eigenvalue weighted by Crippen LogP contribution is 2.27. The highest BCUT2D eigenvalue weighted by molar-refractivity contribution is 6.03. The third kappa shape index (κ3) is 2.42. The zero-order chi connectivity index (χ0) is 14.1. The van der Waals surface area contributed by atoms with E-state index in [0.717, 1.165) is 25.9 Å². The van der Waals surface area contributed by atoms with Gasteiger partial charge in [-0.15, -0.1) is 0 Å². The summed E-state index contributed by atoms with van der Waals surface area (Å²) in [5.74, 6) is -0.418. The molecule has 1 saturated heterocycles. The van der Waals surface area contributed by atoms with Crippen LogP contribution in [0.2, 0.25) is 0 Å². The standard InChI is InChI=1S/C15H18N2O3/c16-10-4-3-7-17(8-10)9-13-14(15(18)19)11-5-1-2-6-12(11)20-13/h1-2,5-6,10H,3-4,7-9,16H2,(H,18,19). The largest absolute Gasteiger partial charge is 0.478 e. The fourth-order valence-corrected chi connectivity index (χ4v) is 2.88. The van der Waals surface area contributed by atoms with Crippen LogP contribution < -0.4 is 5.73 Å². The molecule has 3 N–H and O–H groups in total. The fraction of sp³-hybridized carbons (Fsp3) is 0.400. The van der Waals surface area contributed by atoms with Crippen molar-refractivity contribution in [2.75, 3.05) is 13.1 Å². The second kappa shape index (κ2) is 5.26. The summed E-state index contributed by atoms with van der Waals surface area (Å²) in [6, 6.07) is 7.42. The highest BCUT2D eigenvalue weighted by atomic mass is 16.4. The lowest BCUT2D eigenvalue weighted by atomic mass is 10.1. The maximum Gasteiger partial charge on any atom is 0.339 e. The third-order valence-electron chi connectivity index (χ3n) is 3.79. The molecule has 3 rings (SSSR count). The van der Waals surface area contributed by atoms with Gasteiger partial charge in [0, 0.05) is 18.0 Å². The molecule has 5 heteroatoms. The van der Waals surface area contributed by atoms with E-state index in [-0.39, 0.29) is 11.6 Å². The Morgan fingerprint density at radius 2 is 2.25 bits per heavy atom. The lowest BCUT2D eigenvalue weighted by molar-refractivity contribution is 0.0693. The molecule has 1 aliphatic rings. The number of hydrogen-bond acceptors (Lipinski definition) is 4. The van der Waals surface area contributed by atoms with E-state index in [2.05, 4.69) is 4.90 Å². The van der Waals surface area contributed by atoms with E-state index in [1.165, 1.54) is 0 Å². The van der Waals surface area contributed by atoms with Gasteiger partial charge in [0.05, 0.1) is 6.54 Å². The van der Waals surface area contributed by atoms with Crippen LogP contribution in [0.5, 0.6) is 0 Å². The lowest BCUT2D eigenvalue weighted by Gasteiger charge is -2.29. The monoisotopic (exact) mass is 274 g/mol. The number of carboxylic acids is 1. The number of likely N-dealkylation sites (tertiary alicyclic amines) is 1. The summed E-state index contributed by atoms with van der Waals surface area (Å²) < 4.78 is 5.74. The molecule has 0 bridgehead atoms. The van der Waals surface area contributed by atoms with Gasteiger partial charge < -0.3 is 15.3 Å². The Bertz CT molecular complexity index is 635. The van der Waals surface area contributed by atoms with Crippen LogP contribution in [0.15, 0.2) is 28.7 Å². The molecule has 1 aromatic carbocycles. The van der Waals surface area contributed by atoms with Crippen molar-refractivity contribution < 1.29 is 14.3 Å². The van der Waals surface area contributed by atoms with E-state index in [0.29, 0.717) is 23.3 Å². The molecule has 1 aromatic heterocycles. The normalized spacial score (nSPS) is 20.4. The van der Waals surface area contributed by atoms with Crippen molar-refractivity contribution in [1.82, 2.24) is 4.90 Å². The van der Waals surface area contributed by atoms with Gasteiger partial charge in [-0.05, 0) is 25.5 Å². The van der Waals surface area contributed by atoms with Gasteiger partial charge in [-0.25, -0.2) is 4.79 Å². The number of rotatable bonds is 3. The number of para-hydroxylation sites is 1. The van der Waals surface area contributed by atoms with Crippen molar-refractivity contribution >= 4 is 16.9 Å². The third-order valence-corrected chi connectivity index (χ3v) is 3.79. The number of nitrogens with zero attached hydrogens (tertiary/aromatic N) is 1. The van der Waals surface area contributed by atoms with E-state index < -0.39 is 5.97 Å². The Hall–Kier alpha value is -1.85. The summed E-state index contributed by atoms with van der Waals surface area (Å²) in [7, 11) is 0. The van der Waals surface area contributed by atoms with E-state index in [1.54, 1.807) is 12.1 Å². The smallest absolute Gasteiger partial charge is 0.339 e. The number of fused-ring (bicyclic) bond motifs is 1. The zero-order valence-corrected chi connectivity index (χ0v) is 11.2. The van der Waals surface area contributed by atoms with E-state index in [9.17, 15) is 9.90 Å². The van der Waals surface area contributed by atoms with Crippen molar-refractivity contribution in [2.45, 2.75) is 25.4 Å². The van der Waals surface area contributed by atoms with Crippen LogP contribution in [0, 0.1) is 0 Å². The molecule has 20 heavy (non-hydrogen) atoms. The molecule has 1 unspecified atom stereocenters. The number of carboxylic acid groups (broad SMARTS) is 1. The van der Waals surface area contributed by atoms with Crippen molar-refractivity contribution in [3.8, 4) is 0 Å². The average molecular weight is 274 g/mol. The van der Waals surface area contributed by atoms with Gasteiger partial charge in [-0.1, -0.05) is 18.2 Å². The molecule has 1 fully saturated rings. The quantitative estimate of drug-likeness (QED) is 0.895. The topological polar surface area (TPSA) is 79.7 Å². The summed E-state index contributed by atoms with van der Waals surface area (Å²) >= 11 is 0. The van der Waals surface area contributed by atoms with Crippen molar-refractivity contribution in [3.05, 3.63) is 35.6 Å². The number of furan rings is 1. The minimum atomic E-state index is -0.939. The molecule has 1 atom stereocenters. The van der Waals surface area contributed by atoms with Gasteiger partial charge >= 0.3 is 5.97 Å². The van der Waals surface area contributed by atoms with Gasteiger partial charge in [-0.2, -0.15) is 0 Å². The van der Waals surface area contributed by atoms with Crippen LogP contribution in [0.4, 0.5) is 0 Å². The van der Waals surface area contributed by atoms with Crippen molar-refractivity contribution in [2.24, 2.45) is 5.73 Å². The zero-order valence-electron chi connectivity index (χ0n) is 11.2. The molecule has 0 spiro atoms. The molecule has 5 nitrogen and oxygen atoms in total. The number of benzene rings is 1. The Kier molecular flexibility index (Phi) is 3.46. The summed E-state index contributed by atoms with van der Waals surface area (Å²) in [6.07, 6.45) is 2.08. The minimum absolute atomic E-state index is 0.168. The van der Waals surface area contributed by atoms with Crippen LogP contribution in [-0.2, 0) is 6.54 Å². The Labute approximate surface area is 117 Å². The second-order valence-corrected chi connectivity index (χ2v) is 5.34. The van der Waals surface area contributed by atoms with Gasteiger partial charge in [0.25, 0.3) is 0 Å². The summed E-state index contributed by atoms with van der Waals surface area (Å²) in [6.45, 7) is 2.23.